The Morgan fingerprint density at radius 2 is 2.00 bits per heavy atom. The molecule has 0 saturated carbocycles. The summed E-state index contributed by atoms with van der Waals surface area (Å²) in [5.74, 6) is -0.314. The van der Waals surface area contributed by atoms with Crippen LogP contribution in [0.1, 0.15) is 22.8 Å². The maximum absolute atomic E-state index is 11.9. The molecule has 0 saturated heterocycles. The lowest BCUT2D eigenvalue weighted by Gasteiger charge is -2.26. The molecule has 1 aromatic rings. The highest BCUT2D eigenvalue weighted by molar-refractivity contribution is 9.10. The van der Waals surface area contributed by atoms with Gasteiger partial charge in [-0.05, 0) is 37.6 Å². The van der Waals surface area contributed by atoms with Gasteiger partial charge in [0.05, 0.1) is 18.8 Å². The third kappa shape index (κ3) is 3.52. The zero-order chi connectivity index (χ0) is 13.1. The Morgan fingerprint density at radius 1 is 1.41 bits per heavy atom. The summed E-state index contributed by atoms with van der Waals surface area (Å²) in [6, 6.07) is 5.22. The second-order valence-corrected chi connectivity index (χ2v) is 5.15. The van der Waals surface area contributed by atoms with Gasteiger partial charge in [-0.2, -0.15) is 0 Å². The lowest BCUT2D eigenvalue weighted by Crippen LogP contribution is -2.51. The summed E-state index contributed by atoms with van der Waals surface area (Å²) in [6.45, 7) is 2.84. The highest BCUT2D eigenvalue weighted by Gasteiger charge is 2.25. The van der Waals surface area contributed by atoms with Gasteiger partial charge in [-0.15, -0.1) is 0 Å². The quantitative estimate of drug-likeness (QED) is 0.783. The van der Waals surface area contributed by atoms with Crippen LogP contribution in [0.4, 0.5) is 0 Å². The van der Waals surface area contributed by atoms with Crippen molar-refractivity contribution in [1.82, 2.24) is 5.32 Å². The Kier molecular flexibility index (Phi) is 4.68. The zero-order valence-corrected chi connectivity index (χ0v) is 11.4. The van der Waals surface area contributed by atoms with Gasteiger partial charge in [0.1, 0.15) is 0 Å². The second kappa shape index (κ2) is 5.62. The van der Waals surface area contributed by atoms with E-state index in [1.54, 1.807) is 25.1 Å². The van der Waals surface area contributed by atoms with Gasteiger partial charge < -0.3 is 15.5 Å². The van der Waals surface area contributed by atoms with Crippen molar-refractivity contribution in [2.45, 2.75) is 19.4 Å². The van der Waals surface area contributed by atoms with Crippen molar-refractivity contribution in [3.8, 4) is 0 Å². The Morgan fingerprint density at radius 3 is 2.47 bits per heavy atom. The third-order valence-corrected chi connectivity index (χ3v) is 3.42. The van der Waals surface area contributed by atoms with Crippen LogP contribution in [0, 0.1) is 6.92 Å². The Balaban J connectivity index is 2.86. The number of carbonyl (C=O) groups is 1. The second-order valence-electron chi connectivity index (χ2n) is 4.29. The fraction of sp³-hybridized carbons (Fsp3) is 0.417. The molecule has 0 aliphatic carbocycles. The number of hydrogen-bond acceptors (Lipinski definition) is 3. The van der Waals surface area contributed by atoms with Gasteiger partial charge in [0, 0.05) is 10.0 Å². The number of aliphatic hydroxyl groups excluding tert-OH is 2. The molecule has 0 unspecified atom stereocenters. The first kappa shape index (κ1) is 14.2. The lowest BCUT2D eigenvalue weighted by atomic mass is 10.0. The normalized spacial score (nSPS) is 11.4. The SMILES string of the molecule is Cc1cc(C(=O)NC(C)(CO)CO)ccc1Br. The number of benzene rings is 1. The van der Waals surface area contributed by atoms with Crippen LogP contribution in [-0.2, 0) is 0 Å². The van der Waals surface area contributed by atoms with Gasteiger partial charge in [-0.3, -0.25) is 4.79 Å². The Labute approximate surface area is 109 Å². The van der Waals surface area contributed by atoms with Gasteiger partial charge in [-0.25, -0.2) is 0 Å². The number of hydrogen-bond donors (Lipinski definition) is 3. The molecule has 1 amide bonds. The Hall–Kier alpha value is -0.910. The summed E-state index contributed by atoms with van der Waals surface area (Å²) >= 11 is 3.36. The van der Waals surface area contributed by atoms with Crippen LogP contribution in [0.3, 0.4) is 0 Å². The van der Waals surface area contributed by atoms with Gasteiger partial charge >= 0.3 is 0 Å². The molecule has 0 heterocycles. The van der Waals surface area contributed by atoms with Crippen molar-refractivity contribution >= 4 is 21.8 Å². The third-order valence-electron chi connectivity index (χ3n) is 2.53. The largest absolute Gasteiger partial charge is 0.394 e. The summed E-state index contributed by atoms with van der Waals surface area (Å²) in [5, 5.41) is 20.8. The zero-order valence-electron chi connectivity index (χ0n) is 9.83. The standard InChI is InChI=1S/C12H16BrNO3/c1-8-5-9(3-4-10(8)13)11(17)14-12(2,6-15)7-16/h3-5,15-16H,6-7H2,1-2H3,(H,14,17). The summed E-state index contributed by atoms with van der Waals surface area (Å²) in [6.07, 6.45) is 0. The minimum atomic E-state index is -1.00. The molecular weight excluding hydrogens is 286 g/mol. The number of rotatable bonds is 4. The van der Waals surface area contributed by atoms with E-state index in [1.807, 2.05) is 6.92 Å². The van der Waals surface area contributed by atoms with Gasteiger partial charge in [-0.1, -0.05) is 15.9 Å². The number of nitrogens with one attached hydrogen (secondary N) is 1. The molecule has 0 radical (unpaired) electrons. The van der Waals surface area contributed by atoms with E-state index in [2.05, 4.69) is 21.2 Å². The van der Waals surface area contributed by atoms with Crippen molar-refractivity contribution in [2.24, 2.45) is 0 Å². The van der Waals surface area contributed by atoms with E-state index in [1.165, 1.54) is 0 Å². The smallest absolute Gasteiger partial charge is 0.251 e. The van der Waals surface area contributed by atoms with Crippen LogP contribution < -0.4 is 5.32 Å². The minimum Gasteiger partial charge on any atom is -0.394 e. The summed E-state index contributed by atoms with van der Waals surface area (Å²) in [4.78, 5) is 11.9. The molecule has 0 atom stereocenters. The number of halogens is 1. The van der Waals surface area contributed by atoms with Crippen LogP contribution >= 0.6 is 15.9 Å². The molecule has 0 fully saturated rings. The fourth-order valence-electron chi connectivity index (χ4n) is 1.26. The number of carbonyl (C=O) groups excluding carboxylic acids is 1. The summed E-state index contributed by atoms with van der Waals surface area (Å²) in [5.41, 5.74) is 0.448. The van der Waals surface area contributed by atoms with E-state index < -0.39 is 5.54 Å². The van der Waals surface area contributed by atoms with Crippen LogP contribution in [0.25, 0.3) is 0 Å². The van der Waals surface area contributed by atoms with Crippen molar-refractivity contribution in [3.63, 3.8) is 0 Å². The molecule has 0 aliphatic heterocycles. The molecule has 0 bridgehead atoms. The van der Waals surface area contributed by atoms with Crippen molar-refractivity contribution < 1.29 is 15.0 Å². The first-order valence-corrected chi connectivity index (χ1v) is 6.01. The van der Waals surface area contributed by atoms with Crippen LogP contribution in [0.2, 0.25) is 0 Å². The van der Waals surface area contributed by atoms with E-state index in [0.717, 1.165) is 10.0 Å². The first-order chi connectivity index (χ1) is 7.91. The molecule has 0 spiro atoms. The highest BCUT2D eigenvalue weighted by Crippen LogP contribution is 2.17. The average Bonchev–Trinajstić information content (AvgIpc) is 2.32. The molecule has 0 aliphatic rings. The van der Waals surface area contributed by atoms with E-state index in [-0.39, 0.29) is 19.1 Å². The van der Waals surface area contributed by atoms with Crippen LogP contribution in [0.5, 0.6) is 0 Å². The van der Waals surface area contributed by atoms with Crippen molar-refractivity contribution in [2.75, 3.05) is 13.2 Å². The van der Waals surface area contributed by atoms with E-state index in [0.29, 0.717) is 5.56 Å². The Bertz CT molecular complexity index is 416. The molecule has 17 heavy (non-hydrogen) atoms. The summed E-state index contributed by atoms with van der Waals surface area (Å²) < 4.78 is 0.932. The highest BCUT2D eigenvalue weighted by atomic mass is 79.9. The van der Waals surface area contributed by atoms with Crippen LogP contribution in [0.15, 0.2) is 22.7 Å². The van der Waals surface area contributed by atoms with Gasteiger partial charge in [0.15, 0.2) is 0 Å². The summed E-state index contributed by atoms with van der Waals surface area (Å²) in [7, 11) is 0. The number of aryl methyl sites for hydroxylation is 1. The van der Waals surface area contributed by atoms with E-state index in [9.17, 15) is 4.79 Å². The van der Waals surface area contributed by atoms with Crippen molar-refractivity contribution in [1.29, 1.82) is 0 Å². The molecule has 3 N–H and O–H groups in total. The first-order valence-electron chi connectivity index (χ1n) is 5.22. The fourth-order valence-corrected chi connectivity index (χ4v) is 1.51. The maximum Gasteiger partial charge on any atom is 0.251 e. The molecule has 0 aromatic heterocycles. The topological polar surface area (TPSA) is 69.6 Å². The molecule has 1 aromatic carbocycles. The van der Waals surface area contributed by atoms with E-state index in [4.69, 9.17) is 10.2 Å². The predicted octanol–water partition coefficient (Wildman–Crippen LogP) is 1.23. The molecule has 5 heteroatoms. The van der Waals surface area contributed by atoms with Crippen molar-refractivity contribution in [3.05, 3.63) is 33.8 Å². The minimum absolute atomic E-state index is 0.314. The molecule has 4 nitrogen and oxygen atoms in total. The number of amides is 1. The molecule has 1 rings (SSSR count). The van der Waals surface area contributed by atoms with Crippen LogP contribution in [-0.4, -0.2) is 34.9 Å². The van der Waals surface area contributed by atoms with E-state index >= 15 is 0 Å². The predicted molar refractivity (Wildman–Crippen MR) is 68.9 cm³/mol. The lowest BCUT2D eigenvalue weighted by molar-refractivity contribution is 0.0724. The van der Waals surface area contributed by atoms with Gasteiger partial charge in [0.2, 0.25) is 0 Å². The maximum atomic E-state index is 11.9. The number of aliphatic hydroxyl groups is 2. The molecular formula is C12H16BrNO3. The average molecular weight is 302 g/mol. The monoisotopic (exact) mass is 301 g/mol. The van der Waals surface area contributed by atoms with Gasteiger partial charge in [0.25, 0.3) is 5.91 Å². The molecule has 94 valence electrons.